The number of aromatic nitrogens is 3. The summed E-state index contributed by atoms with van der Waals surface area (Å²) in [5.74, 6) is 0.924. The Morgan fingerprint density at radius 3 is 2.83 bits per heavy atom. The molecule has 0 radical (unpaired) electrons. The van der Waals surface area contributed by atoms with Crippen molar-refractivity contribution in [2.24, 2.45) is 0 Å². The van der Waals surface area contributed by atoms with Crippen LogP contribution in [-0.4, -0.2) is 14.6 Å². The molecule has 0 spiro atoms. The van der Waals surface area contributed by atoms with E-state index in [0.717, 1.165) is 22.8 Å². The molecule has 1 aromatic carbocycles. The van der Waals surface area contributed by atoms with Gasteiger partial charge in [-0.1, -0.05) is 12.1 Å². The van der Waals surface area contributed by atoms with Crippen LogP contribution in [0.2, 0.25) is 0 Å². The first-order valence-corrected chi connectivity index (χ1v) is 5.87. The highest BCUT2D eigenvalue weighted by Crippen LogP contribution is 2.18. The Morgan fingerprint density at radius 1 is 1.11 bits per heavy atom. The van der Waals surface area contributed by atoms with E-state index in [2.05, 4.69) is 34.5 Å². The van der Waals surface area contributed by atoms with Crippen molar-refractivity contribution in [3.8, 4) is 0 Å². The van der Waals surface area contributed by atoms with Gasteiger partial charge in [-0.2, -0.15) is 9.61 Å². The van der Waals surface area contributed by atoms with Crippen molar-refractivity contribution in [1.29, 1.82) is 0 Å². The predicted octanol–water partition coefficient (Wildman–Crippen LogP) is 3.09. The summed E-state index contributed by atoms with van der Waals surface area (Å²) in [5, 5.41) is 7.65. The summed E-state index contributed by atoms with van der Waals surface area (Å²) in [5.41, 5.74) is 4.10. The van der Waals surface area contributed by atoms with Gasteiger partial charge in [-0.25, -0.2) is 4.98 Å². The van der Waals surface area contributed by atoms with Crippen LogP contribution in [0.15, 0.2) is 42.6 Å². The van der Waals surface area contributed by atoms with Gasteiger partial charge in [0.1, 0.15) is 5.82 Å². The van der Waals surface area contributed by atoms with E-state index in [9.17, 15) is 0 Å². The Morgan fingerprint density at radius 2 is 2.00 bits per heavy atom. The van der Waals surface area contributed by atoms with Crippen LogP contribution >= 0.6 is 0 Å². The van der Waals surface area contributed by atoms with Gasteiger partial charge in [-0.05, 0) is 31.5 Å². The zero-order chi connectivity index (χ0) is 12.5. The molecule has 0 fully saturated rings. The van der Waals surface area contributed by atoms with Gasteiger partial charge in [-0.15, -0.1) is 0 Å². The highest BCUT2D eigenvalue weighted by atomic mass is 15.3. The van der Waals surface area contributed by atoms with Crippen molar-refractivity contribution in [1.82, 2.24) is 14.6 Å². The molecule has 2 aromatic heterocycles. The molecule has 0 aliphatic carbocycles. The van der Waals surface area contributed by atoms with Gasteiger partial charge in [0.2, 0.25) is 0 Å². The lowest BCUT2D eigenvalue weighted by Crippen LogP contribution is -2.02. The third kappa shape index (κ3) is 1.93. The number of hydrogen-bond donors (Lipinski definition) is 1. The zero-order valence-electron chi connectivity index (χ0n) is 10.4. The Labute approximate surface area is 105 Å². The minimum absolute atomic E-state index is 0.852. The van der Waals surface area contributed by atoms with Crippen molar-refractivity contribution < 1.29 is 0 Å². The number of benzene rings is 1. The first-order valence-electron chi connectivity index (χ1n) is 5.87. The number of anilines is 2. The maximum Gasteiger partial charge on any atom is 0.157 e. The minimum Gasteiger partial charge on any atom is -0.340 e. The first kappa shape index (κ1) is 10.8. The second-order valence-electron chi connectivity index (χ2n) is 4.38. The molecule has 18 heavy (non-hydrogen) atoms. The zero-order valence-corrected chi connectivity index (χ0v) is 10.4. The average molecular weight is 238 g/mol. The van der Waals surface area contributed by atoms with Crippen LogP contribution < -0.4 is 5.32 Å². The molecule has 0 saturated carbocycles. The summed E-state index contributed by atoms with van der Waals surface area (Å²) >= 11 is 0. The van der Waals surface area contributed by atoms with Crippen LogP contribution in [0.4, 0.5) is 11.5 Å². The van der Waals surface area contributed by atoms with E-state index < -0.39 is 0 Å². The number of nitrogens with zero attached hydrogens (tertiary/aromatic N) is 3. The largest absolute Gasteiger partial charge is 0.340 e. The lowest BCUT2D eigenvalue weighted by molar-refractivity contribution is 0.938. The van der Waals surface area contributed by atoms with Crippen molar-refractivity contribution in [3.63, 3.8) is 0 Å². The maximum absolute atomic E-state index is 4.42. The van der Waals surface area contributed by atoms with Crippen molar-refractivity contribution in [3.05, 3.63) is 53.9 Å². The Balaban J connectivity index is 2.06. The molecule has 2 heterocycles. The first-order chi connectivity index (χ1) is 8.72. The molecule has 4 heteroatoms. The number of fused-ring (bicyclic) bond motifs is 1. The lowest BCUT2D eigenvalue weighted by Gasteiger charge is -2.09. The van der Waals surface area contributed by atoms with E-state index >= 15 is 0 Å². The molecule has 3 aromatic rings. The lowest BCUT2D eigenvalue weighted by atomic mass is 10.2. The fraction of sp³-hybridized carbons (Fsp3) is 0.143. The van der Waals surface area contributed by atoms with Gasteiger partial charge in [0, 0.05) is 23.5 Å². The molecular weight excluding hydrogens is 224 g/mol. The van der Waals surface area contributed by atoms with Crippen molar-refractivity contribution >= 4 is 17.2 Å². The summed E-state index contributed by atoms with van der Waals surface area (Å²) in [6, 6.07) is 12.1. The van der Waals surface area contributed by atoms with Crippen molar-refractivity contribution in [2.45, 2.75) is 13.8 Å². The molecule has 4 nitrogen and oxygen atoms in total. The number of hydrogen-bond acceptors (Lipinski definition) is 3. The SMILES string of the molecule is Cc1cccc(Nc2cc(C)nc3ccnn23)c1. The third-order valence-corrected chi connectivity index (χ3v) is 2.78. The van der Waals surface area contributed by atoms with Crippen LogP contribution in [-0.2, 0) is 0 Å². The predicted molar refractivity (Wildman–Crippen MR) is 72.2 cm³/mol. The van der Waals surface area contributed by atoms with Gasteiger partial charge in [0.25, 0.3) is 0 Å². The summed E-state index contributed by atoms with van der Waals surface area (Å²) in [4.78, 5) is 4.42. The highest BCUT2D eigenvalue weighted by molar-refractivity contribution is 5.60. The van der Waals surface area contributed by atoms with E-state index in [-0.39, 0.29) is 0 Å². The molecule has 0 aliphatic heterocycles. The fourth-order valence-electron chi connectivity index (χ4n) is 2.00. The molecule has 0 atom stereocenters. The van der Waals surface area contributed by atoms with E-state index in [1.165, 1.54) is 5.56 Å². The highest BCUT2D eigenvalue weighted by Gasteiger charge is 2.04. The van der Waals surface area contributed by atoms with Crippen LogP contribution in [0.5, 0.6) is 0 Å². The molecule has 0 bridgehead atoms. The number of nitrogens with one attached hydrogen (secondary N) is 1. The minimum atomic E-state index is 0.852. The Hall–Kier alpha value is -2.36. The van der Waals surface area contributed by atoms with Gasteiger partial charge < -0.3 is 5.32 Å². The molecule has 3 rings (SSSR count). The van der Waals surface area contributed by atoms with Crippen LogP contribution in [0.1, 0.15) is 11.3 Å². The normalized spacial score (nSPS) is 10.8. The van der Waals surface area contributed by atoms with Crippen LogP contribution in [0.3, 0.4) is 0 Å². The number of aryl methyl sites for hydroxylation is 2. The molecule has 0 unspecified atom stereocenters. The van der Waals surface area contributed by atoms with Crippen molar-refractivity contribution in [2.75, 3.05) is 5.32 Å². The molecule has 0 saturated heterocycles. The monoisotopic (exact) mass is 238 g/mol. The van der Waals surface area contributed by atoms with Gasteiger partial charge in [0.15, 0.2) is 5.65 Å². The molecule has 1 N–H and O–H groups in total. The van der Waals surface area contributed by atoms with Gasteiger partial charge in [0.05, 0.1) is 6.20 Å². The average Bonchev–Trinajstić information content (AvgIpc) is 2.77. The second kappa shape index (κ2) is 4.14. The standard InChI is InChI=1S/C14H14N4/c1-10-4-3-5-12(8-10)17-14-9-11(2)16-13-6-7-15-18(13)14/h3-9,17H,1-2H3. The summed E-state index contributed by atoms with van der Waals surface area (Å²) in [6.07, 6.45) is 1.75. The van der Waals surface area contributed by atoms with Gasteiger partial charge in [-0.3, -0.25) is 0 Å². The molecular formula is C14H14N4. The fourth-order valence-corrected chi connectivity index (χ4v) is 2.00. The van der Waals surface area contributed by atoms with Gasteiger partial charge >= 0.3 is 0 Å². The molecule has 90 valence electrons. The van der Waals surface area contributed by atoms with E-state index in [1.54, 1.807) is 10.7 Å². The maximum atomic E-state index is 4.42. The Bertz CT molecular complexity index is 700. The smallest absolute Gasteiger partial charge is 0.157 e. The molecule has 0 aliphatic rings. The Kier molecular flexibility index (Phi) is 2.48. The summed E-state index contributed by atoms with van der Waals surface area (Å²) in [7, 11) is 0. The summed E-state index contributed by atoms with van der Waals surface area (Å²) < 4.78 is 1.80. The van der Waals surface area contributed by atoms with Crippen LogP contribution in [0.25, 0.3) is 5.65 Å². The summed E-state index contributed by atoms with van der Waals surface area (Å²) in [6.45, 7) is 4.06. The van der Waals surface area contributed by atoms with E-state index in [1.807, 2.05) is 31.2 Å². The van der Waals surface area contributed by atoms with E-state index in [4.69, 9.17) is 0 Å². The second-order valence-corrected chi connectivity index (χ2v) is 4.38. The quantitative estimate of drug-likeness (QED) is 0.746. The van der Waals surface area contributed by atoms with Crippen LogP contribution in [0, 0.1) is 13.8 Å². The van der Waals surface area contributed by atoms with E-state index in [0.29, 0.717) is 0 Å². The molecule has 0 amide bonds. The number of rotatable bonds is 2. The third-order valence-electron chi connectivity index (χ3n) is 2.78. The topological polar surface area (TPSA) is 42.2 Å².